The second-order valence-corrected chi connectivity index (χ2v) is 4.14. The first-order valence-corrected chi connectivity index (χ1v) is 6.17. The molecular weight excluding hydrogens is 290 g/mol. The number of ether oxygens (including phenoxy) is 2. The van der Waals surface area contributed by atoms with Crippen LogP contribution in [0.25, 0.3) is 0 Å². The number of allylic oxidation sites excluding steroid dienone is 1. The van der Waals surface area contributed by atoms with E-state index in [1.165, 1.54) is 6.08 Å². The molecule has 0 aromatic rings. The smallest absolute Gasteiger partial charge is 0.340 e. The van der Waals surface area contributed by atoms with Gasteiger partial charge in [0.05, 0.1) is 0 Å². The van der Waals surface area contributed by atoms with Crippen LogP contribution in [0.1, 0.15) is 32.6 Å². The first-order chi connectivity index (χ1) is 9.14. The number of hydrogen-bond donors (Lipinski definition) is 0. The Bertz CT molecular complexity index is 254. The van der Waals surface area contributed by atoms with Gasteiger partial charge in [-0.1, -0.05) is 25.8 Å². The van der Waals surface area contributed by atoms with Crippen LogP contribution in [0, 0.1) is 0 Å². The van der Waals surface area contributed by atoms with Crippen molar-refractivity contribution in [1.29, 1.82) is 0 Å². The molecule has 0 unspecified atom stereocenters. The fraction of sp³-hybridized carbons (Fsp3) is 0.833. The van der Waals surface area contributed by atoms with Crippen LogP contribution in [-0.2, 0) is 9.47 Å². The van der Waals surface area contributed by atoms with Gasteiger partial charge in [0.25, 0.3) is 0 Å². The minimum absolute atomic E-state index is 0.551. The van der Waals surface area contributed by atoms with Crippen LogP contribution in [0.5, 0.6) is 0 Å². The Labute approximate surface area is 113 Å². The minimum atomic E-state index is -4.62. The summed E-state index contributed by atoms with van der Waals surface area (Å²) in [4.78, 5) is 0. The molecule has 0 fully saturated rings. The lowest BCUT2D eigenvalue weighted by Gasteiger charge is -2.17. The van der Waals surface area contributed by atoms with E-state index in [2.05, 4.69) is 9.47 Å². The first-order valence-electron chi connectivity index (χ1n) is 6.17. The Hall–Kier alpha value is -0.760. The molecule has 0 rings (SSSR count). The van der Waals surface area contributed by atoms with Gasteiger partial charge in [0.15, 0.2) is 6.29 Å². The highest BCUT2D eigenvalue weighted by Crippen LogP contribution is 2.19. The summed E-state index contributed by atoms with van der Waals surface area (Å²) in [5.74, 6) is 0. The molecule has 0 atom stereocenters. The second-order valence-electron chi connectivity index (χ2n) is 4.14. The molecule has 120 valence electrons. The summed E-state index contributed by atoms with van der Waals surface area (Å²) >= 11 is 0. The van der Waals surface area contributed by atoms with Gasteiger partial charge in [0.1, 0.15) is 13.2 Å². The van der Waals surface area contributed by atoms with E-state index in [0.29, 0.717) is 6.42 Å². The van der Waals surface area contributed by atoms with Crippen LogP contribution >= 0.6 is 0 Å². The Morgan fingerprint density at radius 1 is 0.900 bits per heavy atom. The third kappa shape index (κ3) is 13.7. The van der Waals surface area contributed by atoms with Crippen LogP contribution < -0.4 is 0 Å². The minimum Gasteiger partial charge on any atom is -0.340 e. The van der Waals surface area contributed by atoms with Gasteiger partial charge in [-0.15, -0.1) is 0 Å². The zero-order valence-electron chi connectivity index (χ0n) is 11.1. The largest absolute Gasteiger partial charge is 0.411 e. The van der Waals surface area contributed by atoms with Gasteiger partial charge in [0.2, 0.25) is 0 Å². The van der Waals surface area contributed by atoms with Crippen molar-refractivity contribution in [3.05, 3.63) is 12.2 Å². The van der Waals surface area contributed by atoms with E-state index in [9.17, 15) is 26.3 Å². The predicted octanol–water partition coefficient (Wildman–Crippen LogP) is 4.61. The van der Waals surface area contributed by atoms with Crippen molar-refractivity contribution in [1.82, 2.24) is 0 Å². The highest BCUT2D eigenvalue weighted by Gasteiger charge is 2.32. The summed E-state index contributed by atoms with van der Waals surface area (Å²) in [6.07, 6.45) is -5.09. The molecule has 0 N–H and O–H groups in total. The quantitative estimate of drug-likeness (QED) is 0.268. The van der Waals surface area contributed by atoms with E-state index in [1.54, 1.807) is 0 Å². The number of alkyl halides is 6. The molecule has 0 bridgehead atoms. The third-order valence-electron chi connectivity index (χ3n) is 2.09. The molecule has 0 amide bonds. The molecule has 0 aliphatic carbocycles. The van der Waals surface area contributed by atoms with Crippen molar-refractivity contribution in [3.8, 4) is 0 Å². The standard InChI is InChI=1S/C12H18F6O2/c1-2-3-4-5-6-7-10(19-8-11(13,14)15)20-9-12(16,17)18/h6-7,10H,2-5,8-9H2,1H3. The van der Waals surface area contributed by atoms with Crippen LogP contribution in [-0.4, -0.2) is 31.9 Å². The van der Waals surface area contributed by atoms with Crippen molar-refractivity contribution in [2.45, 2.75) is 51.2 Å². The third-order valence-corrected chi connectivity index (χ3v) is 2.09. The monoisotopic (exact) mass is 308 g/mol. The van der Waals surface area contributed by atoms with Crippen molar-refractivity contribution >= 4 is 0 Å². The number of halogens is 6. The predicted molar refractivity (Wildman–Crippen MR) is 61.1 cm³/mol. The maximum atomic E-state index is 12.0. The molecule has 8 heteroatoms. The second kappa shape index (κ2) is 9.23. The van der Waals surface area contributed by atoms with Crippen LogP contribution in [0.4, 0.5) is 26.3 Å². The zero-order valence-corrected chi connectivity index (χ0v) is 11.1. The summed E-state index contributed by atoms with van der Waals surface area (Å²) in [6.45, 7) is -1.34. The maximum Gasteiger partial charge on any atom is 0.411 e. The average Bonchev–Trinajstić information content (AvgIpc) is 2.29. The van der Waals surface area contributed by atoms with Gasteiger partial charge in [-0.2, -0.15) is 26.3 Å². The lowest BCUT2D eigenvalue weighted by Crippen LogP contribution is -2.28. The summed E-state index contributed by atoms with van der Waals surface area (Å²) in [5, 5.41) is 0. The van der Waals surface area contributed by atoms with E-state index >= 15 is 0 Å². The fourth-order valence-electron chi connectivity index (χ4n) is 1.23. The summed E-state index contributed by atoms with van der Waals surface area (Å²) < 4.78 is 80.3. The number of unbranched alkanes of at least 4 members (excludes halogenated alkanes) is 3. The van der Waals surface area contributed by atoms with Crippen LogP contribution in [0.15, 0.2) is 12.2 Å². The maximum absolute atomic E-state index is 12.0. The lowest BCUT2D eigenvalue weighted by atomic mass is 10.2. The van der Waals surface area contributed by atoms with Gasteiger partial charge in [-0.25, -0.2) is 0 Å². The van der Waals surface area contributed by atoms with Gasteiger partial charge >= 0.3 is 12.4 Å². The van der Waals surface area contributed by atoms with E-state index in [4.69, 9.17) is 0 Å². The Morgan fingerprint density at radius 3 is 1.80 bits per heavy atom. The van der Waals surface area contributed by atoms with E-state index < -0.39 is 31.9 Å². The fourth-order valence-corrected chi connectivity index (χ4v) is 1.23. The van der Waals surface area contributed by atoms with Crippen LogP contribution in [0.3, 0.4) is 0 Å². The van der Waals surface area contributed by atoms with E-state index in [1.807, 2.05) is 6.92 Å². The molecule has 20 heavy (non-hydrogen) atoms. The molecule has 0 saturated carbocycles. The average molecular weight is 308 g/mol. The topological polar surface area (TPSA) is 18.5 Å². The normalized spacial score (nSPS) is 13.6. The van der Waals surface area contributed by atoms with E-state index in [0.717, 1.165) is 25.3 Å². The Morgan fingerprint density at radius 2 is 1.40 bits per heavy atom. The number of hydrogen-bond acceptors (Lipinski definition) is 2. The molecule has 0 radical (unpaired) electrons. The first kappa shape index (κ1) is 19.2. The van der Waals surface area contributed by atoms with Crippen molar-refractivity contribution in [3.63, 3.8) is 0 Å². The van der Waals surface area contributed by atoms with Crippen molar-refractivity contribution < 1.29 is 35.8 Å². The molecule has 0 aromatic heterocycles. The van der Waals surface area contributed by atoms with Crippen LogP contribution in [0.2, 0.25) is 0 Å². The van der Waals surface area contributed by atoms with Crippen molar-refractivity contribution in [2.24, 2.45) is 0 Å². The highest BCUT2D eigenvalue weighted by atomic mass is 19.4. The summed E-state index contributed by atoms with van der Waals surface area (Å²) in [7, 11) is 0. The van der Waals surface area contributed by atoms with Gasteiger partial charge < -0.3 is 9.47 Å². The Balaban J connectivity index is 4.24. The highest BCUT2D eigenvalue weighted by molar-refractivity contribution is 4.85. The lowest BCUT2D eigenvalue weighted by molar-refractivity contribution is -0.246. The molecular formula is C12H18F6O2. The molecule has 0 aliphatic rings. The molecule has 0 saturated heterocycles. The summed E-state index contributed by atoms with van der Waals surface area (Å²) in [5.41, 5.74) is 0. The van der Waals surface area contributed by atoms with Crippen molar-refractivity contribution in [2.75, 3.05) is 13.2 Å². The Kier molecular flexibility index (Phi) is 8.88. The van der Waals surface area contributed by atoms with Gasteiger partial charge in [-0.3, -0.25) is 0 Å². The molecule has 0 aromatic carbocycles. The van der Waals surface area contributed by atoms with Gasteiger partial charge in [0, 0.05) is 0 Å². The SMILES string of the molecule is CCCCCC=CC(OCC(F)(F)F)OCC(F)(F)F. The number of rotatable bonds is 9. The molecule has 0 heterocycles. The molecule has 2 nitrogen and oxygen atoms in total. The summed E-state index contributed by atoms with van der Waals surface area (Å²) in [6, 6.07) is 0. The van der Waals surface area contributed by atoms with E-state index in [-0.39, 0.29) is 0 Å². The molecule has 0 aliphatic heterocycles. The van der Waals surface area contributed by atoms with Gasteiger partial charge in [-0.05, 0) is 18.9 Å². The molecule has 0 spiro atoms. The zero-order chi connectivity index (χ0) is 15.6.